The van der Waals surface area contributed by atoms with Crippen LogP contribution in [-0.4, -0.2) is 119 Å². The van der Waals surface area contributed by atoms with Gasteiger partial charge in [0.25, 0.3) is 0 Å². The van der Waals surface area contributed by atoms with Crippen LogP contribution >= 0.6 is 0 Å². The molecule has 8 aromatic carbocycles. The second-order valence-corrected chi connectivity index (χ2v) is 21.2. The number of benzene rings is 8. The summed E-state index contributed by atoms with van der Waals surface area (Å²) < 4.78 is 15.0. The molecule has 21 nitrogen and oxygen atoms in total. The van der Waals surface area contributed by atoms with Crippen molar-refractivity contribution in [2.45, 2.75) is 25.7 Å². The highest BCUT2D eigenvalue weighted by Crippen LogP contribution is 2.30. The molecule has 8 aromatic rings. The number of methoxy groups -OCH3 is 3. The summed E-state index contributed by atoms with van der Waals surface area (Å²) in [7, 11) is 4.30. The smallest absolute Gasteiger partial charge is 0.163 e. The Morgan fingerprint density at radius 2 is 0.400 bits per heavy atom. The predicted molar refractivity (Wildman–Crippen MR) is 379 cm³/mol. The number of ketones is 8. The van der Waals surface area contributed by atoms with Crippen LogP contribution in [-0.2, 0) is 38.4 Å². The molecule has 0 heterocycles. The number of phenolic OH excluding ortho intramolecular Hbond substituents is 10. The first-order valence-corrected chi connectivity index (χ1v) is 30.0. The predicted octanol–water partition coefficient (Wildman–Crippen LogP) is 12.8. The summed E-state index contributed by atoms with van der Waals surface area (Å²) in [6, 6.07) is 41.4. The maximum absolute atomic E-state index is 11.9. The Balaban J connectivity index is 0.000000241. The number of phenols is 10. The molecule has 0 unspecified atom stereocenters. The molecule has 0 spiro atoms. The first-order valence-electron chi connectivity index (χ1n) is 30.0. The number of allylic oxidation sites excluding steroid dienone is 8. The van der Waals surface area contributed by atoms with Gasteiger partial charge in [-0.15, -0.1) is 0 Å². The van der Waals surface area contributed by atoms with Gasteiger partial charge in [0.2, 0.25) is 0 Å². The standard InChI is InChI=1S/C21H20O6.C20H18O5.C19H16O6.C19H16O4/c1-26-20-11-14(5-9-18(20)24)3-7-16(22)13-17(23)8-4-15-6-10-19(25)21(12-15)27-2;1-25-20-12-15(6-11-19(20)24)5-10-18(23)13-17(22)9-4-14-2-7-16(21)8-3-14;20-14(5-1-12-3-7-16(22)18(24)9-12)11-15(21)6-2-13-4-8-17(23)19(25)10-13;20-16-7-1-14(2-8-16)5-11-18(22)13-19(23)12-6-15-3-9-17(21)10-4-15/h3-12,24-25H,13H2,1-2H3;2-12,21,24H,13H2,1H3;1-10,22-25H,11H2;1-12,20-21H,13H2/b7-3+,8-4+;9-4+,10-5+;5-1+,6-2+;11-5+,12-6+. The third-order valence-electron chi connectivity index (χ3n) is 13.4. The van der Waals surface area contributed by atoms with Gasteiger partial charge in [-0.1, -0.05) is 115 Å². The summed E-state index contributed by atoms with van der Waals surface area (Å²) in [4.78, 5) is 94.5. The molecule has 10 N–H and O–H groups in total. The largest absolute Gasteiger partial charge is 0.508 e. The lowest BCUT2D eigenvalue weighted by Crippen LogP contribution is -2.01. The Morgan fingerprint density at radius 3 is 0.590 bits per heavy atom. The number of rotatable bonds is 27. The first kappa shape index (κ1) is 77.1. The number of hydrogen-bond acceptors (Lipinski definition) is 21. The van der Waals surface area contributed by atoms with Crippen LogP contribution in [0.1, 0.15) is 70.2 Å². The van der Waals surface area contributed by atoms with E-state index in [4.69, 9.17) is 24.4 Å². The number of carbonyl (C=O) groups excluding carboxylic acids is 8. The monoisotopic (exact) mass is 1350 g/mol. The minimum absolute atomic E-state index is 0.00662. The normalized spacial score (nSPS) is 11.1. The van der Waals surface area contributed by atoms with Crippen molar-refractivity contribution in [3.8, 4) is 74.7 Å². The topological polar surface area (TPSA) is 367 Å². The molecule has 0 bridgehead atoms. The Hall–Kier alpha value is -13.6. The number of hydrogen-bond donors (Lipinski definition) is 10. The fourth-order valence-corrected chi connectivity index (χ4v) is 8.11. The molecule has 0 aromatic heterocycles. The average Bonchev–Trinajstić information content (AvgIpc) is 0.917. The van der Waals surface area contributed by atoms with E-state index in [9.17, 15) is 79.2 Å². The quantitative estimate of drug-likeness (QED) is 0.0130. The molecule has 100 heavy (non-hydrogen) atoms. The molecule has 8 rings (SSSR count). The Kier molecular flexibility index (Phi) is 30.8. The zero-order chi connectivity index (χ0) is 73.1. The molecule has 0 saturated carbocycles. The van der Waals surface area contributed by atoms with Gasteiger partial charge in [-0.05, 0) is 190 Å². The molecule has 512 valence electrons. The molecule has 0 amide bonds. The van der Waals surface area contributed by atoms with E-state index >= 15 is 0 Å². The second-order valence-electron chi connectivity index (χ2n) is 21.2. The SMILES string of the molecule is COc1cc(/C=C/C(=O)CC(=O)/C=C/c2ccc(O)c(OC)c2)ccc1O.COc1cc(/C=C/C(=O)CC(=O)/C=C/c2ccc(O)cc2)ccc1O.O=C(/C=C/c1ccc(O)c(O)c1)CC(=O)/C=C/c1ccc(O)c(O)c1.O=C(/C=C/c1ccc(O)cc1)CC(=O)/C=C/c1ccc(O)cc1. The molecular formula is C79H70O21. The van der Waals surface area contributed by atoms with E-state index < -0.39 is 11.6 Å². The lowest BCUT2D eigenvalue weighted by molar-refractivity contribution is -0.123. The number of aromatic hydroxyl groups is 10. The van der Waals surface area contributed by atoms with Gasteiger partial charge in [0.1, 0.15) is 17.2 Å². The van der Waals surface area contributed by atoms with Crippen molar-refractivity contribution < 1.29 is 104 Å². The number of carbonyl (C=O) groups is 8. The van der Waals surface area contributed by atoms with Crippen molar-refractivity contribution >= 4 is 94.9 Å². The molecule has 0 fully saturated rings. The summed E-state index contributed by atoms with van der Waals surface area (Å²) in [6.45, 7) is 0. The highest BCUT2D eigenvalue weighted by atomic mass is 16.5. The summed E-state index contributed by atoms with van der Waals surface area (Å²) >= 11 is 0. The van der Waals surface area contributed by atoms with Crippen molar-refractivity contribution in [1.29, 1.82) is 0 Å². The molecule has 0 atom stereocenters. The van der Waals surface area contributed by atoms with Gasteiger partial charge in [-0.3, -0.25) is 38.4 Å². The van der Waals surface area contributed by atoms with E-state index in [2.05, 4.69) is 0 Å². The van der Waals surface area contributed by atoms with Gasteiger partial charge >= 0.3 is 0 Å². The average molecular weight is 1360 g/mol. The summed E-state index contributed by atoms with van der Waals surface area (Å²) in [6.07, 6.45) is 21.6. The van der Waals surface area contributed by atoms with Gasteiger partial charge in [-0.25, -0.2) is 0 Å². The van der Waals surface area contributed by atoms with E-state index in [0.29, 0.717) is 45.1 Å². The van der Waals surface area contributed by atoms with Crippen LogP contribution in [0.2, 0.25) is 0 Å². The van der Waals surface area contributed by atoms with E-state index in [1.165, 1.54) is 173 Å². The highest BCUT2D eigenvalue weighted by Gasteiger charge is 2.10. The van der Waals surface area contributed by atoms with Crippen LogP contribution in [0, 0.1) is 0 Å². The van der Waals surface area contributed by atoms with Gasteiger partial charge in [0.05, 0.1) is 47.0 Å². The van der Waals surface area contributed by atoms with Crippen LogP contribution in [0.4, 0.5) is 0 Å². The zero-order valence-electron chi connectivity index (χ0n) is 54.1. The maximum atomic E-state index is 11.9. The van der Waals surface area contributed by atoms with Crippen LogP contribution < -0.4 is 14.2 Å². The third-order valence-corrected chi connectivity index (χ3v) is 13.4. The van der Waals surface area contributed by atoms with Crippen molar-refractivity contribution in [3.05, 3.63) is 257 Å². The van der Waals surface area contributed by atoms with E-state index in [0.717, 1.165) is 16.7 Å². The first-order chi connectivity index (χ1) is 47.8. The lowest BCUT2D eigenvalue weighted by Gasteiger charge is -2.03. The highest BCUT2D eigenvalue weighted by molar-refractivity contribution is 6.13. The van der Waals surface area contributed by atoms with Crippen LogP contribution in [0.3, 0.4) is 0 Å². The molecule has 0 aliphatic carbocycles. The van der Waals surface area contributed by atoms with Crippen molar-refractivity contribution in [1.82, 2.24) is 0 Å². The second kappa shape index (κ2) is 40.0. The van der Waals surface area contributed by atoms with E-state index in [-0.39, 0.29) is 118 Å². The molecule has 21 heteroatoms. The molecular weight excluding hydrogens is 1280 g/mol. The van der Waals surface area contributed by atoms with Gasteiger partial charge in [-0.2, -0.15) is 0 Å². The minimum Gasteiger partial charge on any atom is -0.508 e. The van der Waals surface area contributed by atoms with Crippen molar-refractivity contribution in [2.24, 2.45) is 0 Å². The fourth-order valence-electron chi connectivity index (χ4n) is 8.11. The number of ether oxygens (including phenoxy) is 3. The van der Waals surface area contributed by atoms with Crippen molar-refractivity contribution in [2.75, 3.05) is 21.3 Å². The molecule has 0 radical (unpaired) electrons. The van der Waals surface area contributed by atoms with Gasteiger partial charge in [0, 0.05) is 0 Å². The van der Waals surface area contributed by atoms with E-state index in [1.807, 2.05) is 0 Å². The molecule has 0 saturated heterocycles. The third kappa shape index (κ3) is 28.6. The van der Waals surface area contributed by atoms with Crippen LogP contribution in [0.15, 0.2) is 212 Å². The lowest BCUT2D eigenvalue weighted by atomic mass is 10.1. The van der Waals surface area contributed by atoms with Crippen LogP contribution in [0.25, 0.3) is 48.6 Å². The maximum Gasteiger partial charge on any atom is 0.163 e. The molecule has 0 aliphatic heterocycles. The van der Waals surface area contributed by atoms with Crippen molar-refractivity contribution in [3.63, 3.8) is 0 Å². The van der Waals surface area contributed by atoms with E-state index in [1.54, 1.807) is 109 Å². The molecule has 0 aliphatic rings. The van der Waals surface area contributed by atoms with Gasteiger partial charge in [0.15, 0.2) is 104 Å². The Morgan fingerprint density at radius 1 is 0.230 bits per heavy atom. The summed E-state index contributed by atoms with van der Waals surface area (Å²) in [5.41, 5.74) is 5.30. The fraction of sp³-hybridized carbons (Fsp3) is 0.0886. The Bertz CT molecular complexity index is 4240. The minimum atomic E-state index is -0.421. The van der Waals surface area contributed by atoms with Crippen LogP contribution in [0.5, 0.6) is 74.7 Å². The van der Waals surface area contributed by atoms with Gasteiger partial charge < -0.3 is 65.3 Å². The zero-order valence-corrected chi connectivity index (χ0v) is 54.1. The Labute approximate surface area is 574 Å². The summed E-state index contributed by atoms with van der Waals surface area (Å²) in [5.74, 6) is -2.49. The summed E-state index contributed by atoms with van der Waals surface area (Å²) in [5, 5.41) is 93.2.